The van der Waals surface area contributed by atoms with Crippen LogP contribution >= 0.6 is 0 Å². The molecule has 0 aromatic rings. The Morgan fingerprint density at radius 2 is 2.10 bits per heavy atom. The van der Waals surface area contributed by atoms with Gasteiger partial charge in [-0.05, 0) is 50.9 Å². The van der Waals surface area contributed by atoms with Gasteiger partial charge in [-0.2, -0.15) is 0 Å². The zero-order valence-corrected chi connectivity index (χ0v) is 13.5. The molecule has 1 saturated carbocycles. The van der Waals surface area contributed by atoms with Gasteiger partial charge in [-0.1, -0.05) is 13.8 Å². The summed E-state index contributed by atoms with van der Waals surface area (Å²) in [6, 6.07) is 0.700. The van der Waals surface area contributed by atoms with Crippen LogP contribution < -0.4 is 5.32 Å². The van der Waals surface area contributed by atoms with Crippen molar-refractivity contribution in [3.63, 3.8) is 0 Å². The van der Waals surface area contributed by atoms with Crippen LogP contribution in [0.4, 0.5) is 0 Å². The quantitative estimate of drug-likeness (QED) is 0.838. The Hall–Kier alpha value is -0.120. The molecule has 0 amide bonds. The van der Waals surface area contributed by atoms with Gasteiger partial charge < -0.3 is 10.1 Å². The van der Waals surface area contributed by atoms with Crippen molar-refractivity contribution >= 4 is 0 Å². The van der Waals surface area contributed by atoms with Gasteiger partial charge in [0, 0.05) is 37.8 Å². The molecule has 3 rings (SSSR count). The second-order valence-electron chi connectivity index (χ2n) is 7.92. The van der Waals surface area contributed by atoms with Crippen molar-refractivity contribution in [1.29, 1.82) is 0 Å². The number of piperazine rings is 1. The van der Waals surface area contributed by atoms with E-state index in [1.165, 1.54) is 38.6 Å². The van der Waals surface area contributed by atoms with Crippen molar-refractivity contribution in [2.45, 2.75) is 70.6 Å². The van der Waals surface area contributed by atoms with E-state index in [1.807, 2.05) is 0 Å². The van der Waals surface area contributed by atoms with E-state index in [4.69, 9.17) is 4.74 Å². The summed E-state index contributed by atoms with van der Waals surface area (Å²) in [5.74, 6) is 1.69. The third-order valence-corrected chi connectivity index (χ3v) is 5.47. The highest BCUT2D eigenvalue weighted by Gasteiger charge is 2.46. The van der Waals surface area contributed by atoms with Gasteiger partial charge in [0.05, 0.1) is 6.10 Å². The Morgan fingerprint density at radius 3 is 2.70 bits per heavy atom. The molecule has 2 aliphatic heterocycles. The van der Waals surface area contributed by atoms with Crippen molar-refractivity contribution in [3.8, 4) is 0 Å². The van der Waals surface area contributed by atoms with Crippen molar-refractivity contribution in [3.05, 3.63) is 0 Å². The predicted octanol–water partition coefficient (Wildman–Crippen LogP) is 2.65. The van der Waals surface area contributed by atoms with Crippen LogP contribution in [0.1, 0.15) is 52.9 Å². The number of rotatable bonds is 5. The standard InChI is InChI=1S/C17H32N2O/c1-13(2)9-15-10-18-17(3,14-6-7-14)12-19(15)11-16-5-4-8-20-16/h13-16,18H,4-12H2,1-3H3. The zero-order chi connectivity index (χ0) is 14.2. The Bertz CT molecular complexity index is 323. The van der Waals surface area contributed by atoms with Gasteiger partial charge in [-0.25, -0.2) is 0 Å². The van der Waals surface area contributed by atoms with Gasteiger partial charge in [-0.15, -0.1) is 0 Å². The lowest BCUT2D eigenvalue weighted by atomic mass is 9.88. The van der Waals surface area contributed by atoms with E-state index < -0.39 is 0 Å². The zero-order valence-electron chi connectivity index (χ0n) is 13.5. The Labute approximate surface area is 124 Å². The highest BCUT2D eigenvalue weighted by atomic mass is 16.5. The van der Waals surface area contributed by atoms with Crippen LogP contribution in [0.2, 0.25) is 0 Å². The van der Waals surface area contributed by atoms with Crippen LogP contribution in [-0.4, -0.2) is 48.8 Å². The summed E-state index contributed by atoms with van der Waals surface area (Å²) in [4.78, 5) is 2.75. The molecule has 3 heteroatoms. The van der Waals surface area contributed by atoms with Gasteiger partial charge in [-0.3, -0.25) is 4.90 Å². The van der Waals surface area contributed by atoms with E-state index >= 15 is 0 Å². The van der Waals surface area contributed by atoms with E-state index in [9.17, 15) is 0 Å². The minimum absolute atomic E-state index is 0.353. The number of nitrogens with one attached hydrogen (secondary N) is 1. The molecule has 0 aromatic carbocycles. The first-order chi connectivity index (χ1) is 9.57. The molecule has 20 heavy (non-hydrogen) atoms. The van der Waals surface area contributed by atoms with Crippen LogP contribution in [0.25, 0.3) is 0 Å². The minimum atomic E-state index is 0.353. The first-order valence-electron chi connectivity index (χ1n) is 8.67. The summed E-state index contributed by atoms with van der Waals surface area (Å²) in [7, 11) is 0. The summed E-state index contributed by atoms with van der Waals surface area (Å²) in [6.07, 6.45) is 7.16. The predicted molar refractivity (Wildman–Crippen MR) is 82.9 cm³/mol. The Morgan fingerprint density at radius 1 is 1.30 bits per heavy atom. The summed E-state index contributed by atoms with van der Waals surface area (Å²) in [6.45, 7) is 11.6. The van der Waals surface area contributed by atoms with Crippen LogP contribution in [0, 0.1) is 11.8 Å². The molecular weight excluding hydrogens is 248 g/mol. The summed E-state index contributed by atoms with van der Waals surface area (Å²) in [5.41, 5.74) is 0.353. The summed E-state index contributed by atoms with van der Waals surface area (Å²) < 4.78 is 5.89. The van der Waals surface area contributed by atoms with Crippen LogP contribution in [0.5, 0.6) is 0 Å². The second kappa shape index (κ2) is 5.94. The van der Waals surface area contributed by atoms with Crippen LogP contribution in [0.3, 0.4) is 0 Å². The number of hydrogen-bond donors (Lipinski definition) is 1. The molecule has 3 fully saturated rings. The second-order valence-corrected chi connectivity index (χ2v) is 7.92. The monoisotopic (exact) mass is 280 g/mol. The topological polar surface area (TPSA) is 24.5 Å². The fourth-order valence-corrected chi connectivity index (χ4v) is 4.12. The molecule has 3 atom stereocenters. The highest BCUT2D eigenvalue weighted by molar-refractivity contribution is 5.04. The molecule has 0 bridgehead atoms. The molecule has 116 valence electrons. The molecule has 0 radical (unpaired) electrons. The summed E-state index contributed by atoms with van der Waals surface area (Å²) >= 11 is 0. The molecule has 3 nitrogen and oxygen atoms in total. The van der Waals surface area contributed by atoms with E-state index in [0.29, 0.717) is 17.7 Å². The Kier molecular flexibility index (Phi) is 4.40. The molecule has 0 spiro atoms. The molecule has 2 saturated heterocycles. The third kappa shape index (κ3) is 3.37. The average Bonchev–Trinajstić information content (AvgIpc) is 3.13. The first kappa shape index (κ1) is 14.8. The highest BCUT2D eigenvalue weighted by Crippen LogP contribution is 2.41. The molecule has 0 aromatic heterocycles. The van der Waals surface area contributed by atoms with Crippen molar-refractivity contribution in [2.24, 2.45) is 11.8 Å². The maximum absolute atomic E-state index is 5.89. The van der Waals surface area contributed by atoms with Crippen LogP contribution in [0.15, 0.2) is 0 Å². The first-order valence-corrected chi connectivity index (χ1v) is 8.67. The van der Waals surface area contributed by atoms with Gasteiger partial charge in [0.15, 0.2) is 0 Å². The average molecular weight is 280 g/mol. The minimum Gasteiger partial charge on any atom is -0.377 e. The Balaban J connectivity index is 1.64. The fraction of sp³-hybridized carbons (Fsp3) is 1.00. The van der Waals surface area contributed by atoms with Gasteiger partial charge in [0.2, 0.25) is 0 Å². The molecule has 1 aliphatic carbocycles. The van der Waals surface area contributed by atoms with E-state index in [0.717, 1.165) is 31.5 Å². The smallest absolute Gasteiger partial charge is 0.0702 e. The SMILES string of the molecule is CC(C)CC1CNC(C)(C2CC2)CN1CC1CCCO1. The maximum atomic E-state index is 5.89. The van der Waals surface area contributed by atoms with Crippen molar-refractivity contribution in [2.75, 3.05) is 26.2 Å². The van der Waals surface area contributed by atoms with Gasteiger partial charge in [0.1, 0.15) is 0 Å². The molecule has 1 N–H and O–H groups in total. The largest absolute Gasteiger partial charge is 0.377 e. The molecular formula is C17H32N2O. The lowest BCUT2D eigenvalue weighted by Gasteiger charge is -2.48. The number of nitrogens with zero attached hydrogens (tertiary/aromatic N) is 1. The van der Waals surface area contributed by atoms with E-state index in [1.54, 1.807) is 0 Å². The number of ether oxygens (including phenoxy) is 1. The summed E-state index contributed by atoms with van der Waals surface area (Å²) in [5, 5.41) is 3.89. The maximum Gasteiger partial charge on any atom is 0.0702 e. The number of hydrogen-bond acceptors (Lipinski definition) is 3. The van der Waals surface area contributed by atoms with Gasteiger partial charge >= 0.3 is 0 Å². The lowest BCUT2D eigenvalue weighted by Crippen LogP contribution is -2.65. The van der Waals surface area contributed by atoms with E-state index in [2.05, 4.69) is 31.0 Å². The van der Waals surface area contributed by atoms with Crippen molar-refractivity contribution < 1.29 is 4.74 Å². The van der Waals surface area contributed by atoms with E-state index in [-0.39, 0.29) is 0 Å². The fourth-order valence-electron chi connectivity index (χ4n) is 4.12. The third-order valence-electron chi connectivity index (χ3n) is 5.47. The lowest BCUT2D eigenvalue weighted by molar-refractivity contribution is 0.0124. The normalized spacial score (nSPS) is 39.6. The van der Waals surface area contributed by atoms with Gasteiger partial charge in [0.25, 0.3) is 0 Å². The molecule has 2 heterocycles. The van der Waals surface area contributed by atoms with Crippen molar-refractivity contribution in [1.82, 2.24) is 10.2 Å². The molecule has 3 aliphatic rings. The molecule has 3 unspecified atom stereocenters. The van der Waals surface area contributed by atoms with Crippen LogP contribution in [-0.2, 0) is 4.74 Å².